The Bertz CT molecular complexity index is 466. The molecule has 0 bridgehead atoms. The molecule has 5 heteroatoms. The number of halogens is 1. The number of rotatable bonds is 4. The number of thioether (sulfide) groups is 1. The van der Waals surface area contributed by atoms with Gasteiger partial charge in [-0.25, -0.2) is 0 Å². The zero-order valence-corrected chi connectivity index (χ0v) is 15.1. The number of benzene rings is 1. The van der Waals surface area contributed by atoms with Gasteiger partial charge in [-0.15, -0.1) is 12.4 Å². The first-order chi connectivity index (χ1) is 10.1. The molecule has 2 rings (SSSR count). The number of hydrogen-bond donors (Lipinski definition) is 1. The minimum atomic E-state index is -0.532. The molecule has 1 aromatic rings. The largest absolute Gasteiger partial charge is 0.340 e. The second-order valence-electron chi connectivity index (χ2n) is 5.75. The number of carbonyl (C=O) groups excluding carboxylic acids is 1. The molecule has 0 saturated carbocycles. The summed E-state index contributed by atoms with van der Waals surface area (Å²) in [7, 11) is 0. The number of aryl methyl sites for hydroxylation is 1. The summed E-state index contributed by atoms with van der Waals surface area (Å²) in [5.41, 5.74) is 8.29. The second-order valence-corrected chi connectivity index (χ2v) is 7.32. The van der Waals surface area contributed by atoms with Crippen molar-refractivity contribution in [2.75, 3.05) is 18.8 Å². The highest BCUT2D eigenvalue weighted by atomic mass is 35.5. The number of hydrogen-bond acceptors (Lipinski definition) is 3. The smallest absolute Gasteiger partial charge is 0.244 e. The molecule has 0 aromatic heterocycles. The van der Waals surface area contributed by atoms with E-state index in [0.717, 1.165) is 30.8 Å². The van der Waals surface area contributed by atoms with Gasteiger partial charge in [0.05, 0.1) is 0 Å². The van der Waals surface area contributed by atoms with E-state index in [4.69, 9.17) is 5.73 Å². The molecule has 1 fully saturated rings. The molecule has 1 aliphatic heterocycles. The SMILES string of the molecule is CCSC1CCCCN(C(=O)C(N)c2ccc(C)cc2)C1.Cl. The molecular weight excluding hydrogens is 316 g/mol. The van der Waals surface area contributed by atoms with Crippen molar-refractivity contribution < 1.29 is 4.79 Å². The number of amides is 1. The quantitative estimate of drug-likeness (QED) is 0.910. The maximum atomic E-state index is 12.7. The van der Waals surface area contributed by atoms with E-state index in [-0.39, 0.29) is 18.3 Å². The van der Waals surface area contributed by atoms with Crippen molar-refractivity contribution in [3.63, 3.8) is 0 Å². The Balaban J connectivity index is 0.00000242. The number of likely N-dealkylation sites (tertiary alicyclic amines) is 1. The molecule has 2 unspecified atom stereocenters. The van der Waals surface area contributed by atoms with Crippen LogP contribution in [0.3, 0.4) is 0 Å². The summed E-state index contributed by atoms with van der Waals surface area (Å²) in [5.74, 6) is 1.18. The summed E-state index contributed by atoms with van der Waals surface area (Å²) in [5, 5.41) is 0.562. The van der Waals surface area contributed by atoms with Crippen LogP contribution in [0, 0.1) is 6.92 Å². The highest BCUT2D eigenvalue weighted by Crippen LogP contribution is 2.24. The van der Waals surface area contributed by atoms with Crippen LogP contribution in [0.5, 0.6) is 0 Å². The monoisotopic (exact) mass is 342 g/mol. The molecule has 0 aliphatic carbocycles. The van der Waals surface area contributed by atoms with Crippen LogP contribution in [0.4, 0.5) is 0 Å². The normalized spacial score (nSPS) is 20.0. The third-order valence-corrected chi connectivity index (χ3v) is 5.23. The van der Waals surface area contributed by atoms with Crippen LogP contribution in [0.15, 0.2) is 24.3 Å². The summed E-state index contributed by atoms with van der Waals surface area (Å²) in [6, 6.07) is 7.43. The van der Waals surface area contributed by atoms with Crippen molar-refractivity contribution in [3.05, 3.63) is 35.4 Å². The Labute approximate surface area is 144 Å². The third-order valence-electron chi connectivity index (χ3n) is 4.04. The molecule has 3 nitrogen and oxygen atoms in total. The fourth-order valence-corrected chi connectivity index (χ4v) is 3.88. The molecule has 1 aromatic carbocycles. The van der Waals surface area contributed by atoms with Gasteiger partial charge in [0.15, 0.2) is 0 Å². The first kappa shape index (κ1) is 19.3. The Morgan fingerprint density at radius 2 is 2.05 bits per heavy atom. The fourth-order valence-electron chi connectivity index (χ4n) is 2.79. The average molecular weight is 343 g/mol. The standard InChI is InChI=1S/C17H26N2OS.ClH/c1-3-21-15-6-4-5-11-19(12-15)17(20)16(18)14-9-7-13(2)8-10-14;/h7-10,15-16H,3-6,11-12,18H2,1-2H3;1H. The zero-order valence-electron chi connectivity index (χ0n) is 13.5. The lowest BCUT2D eigenvalue weighted by Crippen LogP contribution is -2.41. The van der Waals surface area contributed by atoms with Gasteiger partial charge in [0.25, 0.3) is 0 Å². The zero-order chi connectivity index (χ0) is 15.2. The molecule has 0 spiro atoms. The minimum absolute atomic E-state index is 0. The molecule has 124 valence electrons. The summed E-state index contributed by atoms with van der Waals surface area (Å²) >= 11 is 1.96. The van der Waals surface area contributed by atoms with Gasteiger partial charge in [0, 0.05) is 18.3 Å². The molecule has 22 heavy (non-hydrogen) atoms. The summed E-state index contributed by atoms with van der Waals surface area (Å²) in [4.78, 5) is 14.7. The van der Waals surface area contributed by atoms with Crippen molar-refractivity contribution in [1.82, 2.24) is 4.90 Å². The third kappa shape index (κ3) is 5.18. The van der Waals surface area contributed by atoms with E-state index in [1.54, 1.807) is 0 Å². The first-order valence-corrected chi connectivity index (χ1v) is 8.89. The van der Waals surface area contributed by atoms with Gasteiger partial charge in [0.2, 0.25) is 5.91 Å². The van der Waals surface area contributed by atoms with Crippen LogP contribution >= 0.6 is 24.2 Å². The molecule has 2 N–H and O–H groups in total. The number of carbonyl (C=O) groups is 1. The molecule has 2 atom stereocenters. The van der Waals surface area contributed by atoms with E-state index in [1.807, 2.05) is 47.9 Å². The highest BCUT2D eigenvalue weighted by molar-refractivity contribution is 7.99. The molecule has 1 amide bonds. The van der Waals surface area contributed by atoms with Crippen LogP contribution in [-0.4, -0.2) is 34.9 Å². The van der Waals surface area contributed by atoms with E-state index in [0.29, 0.717) is 5.25 Å². The van der Waals surface area contributed by atoms with E-state index in [2.05, 4.69) is 6.92 Å². The Kier molecular flexibility index (Phi) is 8.29. The Hall–Kier alpha value is -0.710. The Morgan fingerprint density at radius 3 is 2.68 bits per heavy atom. The van der Waals surface area contributed by atoms with Crippen molar-refractivity contribution in [1.29, 1.82) is 0 Å². The maximum absolute atomic E-state index is 12.7. The summed E-state index contributed by atoms with van der Waals surface area (Å²) in [6.45, 7) is 5.91. The molecule has 1 heterocycles. The Morgan fingerprint density at radius 1 is 1.36 bits per heavy atom. The lowest BCUT2D eigenvalue weighted by atomic mass is 10.0. The van der Waals surface area contributed by atoms with Crippen molar-refractivity contribution >= 4 is 30.1 Å². The van der Waals surface area contributed by atoms with E-state index in [9.17, 15) is 4.79 Å². The van der Waals surface area contributed by atoms with Crippen LogP contribution in [0.25, 0.3) is 0 Å². The van der Waals surface area contributed by atoms with E-state index >= 15 is 0 Å². The number of nitrogens with zero attached hydrogens (tertiary/aromatic N) is 1. The lowest BCUT2D eigenvalue weighted by molar-refractivity contribution is -0.132. The van der Waals surface area contributed by atoms with Crippen LogP contribution in [-0.2, 0) is 4.79 Å². The van der Waals surface area contributed by atoms with Gasteiger partial charge in [-0.05, 0) is 31.1 Å². The lowest BCUT2D eigenvalue weighted by Gasteiger charge is -2.27. The predicted octanol–water partition coefficient (Wildman–Crippen LogP) is 3.55. The van der Waals surface area contributed by atoms with Crippen molar-refractivity contribution in [3.8, 4) is 0 Å². The molecular formula is C17H27ClN2OS. The van der Waals surface area contributed by atoms with Crippen molar-refractivity contribution in [2.45, 2.75) is 44.4 Å². The van der Waals surface area contributed by atoms with Gasteiger partial charge < -0.3 is 10.6 Å². The van der Waals surface area contributed by atoms with Crippen LogP contribution < -0.4 is 5.73 Å². The van der Waals surface area contributed by atoms with Gasteiger partial charge in [-0.2, -0.15) is 11.8 Å². The van der Waals surface area contributed by atoms with Gasteiger partial charge in [0.1, 0.15) is 6.04 Å². The first-order valence-electron chi connectivity index (χ1n) is 7.84. The van der Waals surface area contributed by atoms with Gasteiger partial charge >= 0.3 is 0 Å². The minimum Gasteiger partial charge on any atom is -0.340 e. The van der Waals surface area contributed by atoms with Gasteiger partial charge in [-0.1, -0.05) is 43.2 Å². The fraction of sp³-hybridized carbons (Fsp3) is 0.588. The van der Waals surface area contributed by atoms with E-state index < -0.39 is 6.04 Å². The summed E-state index contributed by atoms with van der Waals surface area (Å²) in [6.07, 6.45) is 3.51. The maximum Gasteiger partial charge on any atom is 0.244 e. The topological polar surface area (TPSA) is 46.3 Å². The summed E-state index contributed by atoms with van der Waals surface area (Å²) < 4.78 is 0. The predicted molar refractivity (Wildman–Crippen MR) is 97.7 cm³/mol. The van der Waals surface area contributed by atoms with Crippen molar-refractivity contribution in [2.24, 2.45) is 5.73 Å². The van der Waals surface area contributed by atoms with Crippen LogP contribution in [0.2, 0.25) is 0 Å². The van der Waals surface area contributed by atoms with E-state index in [1.165, 1.54) is 18.4 Å². The number of nitrogens with two attached hydrogens (primary N) is 1. The molecule has 1 saturated heterocycles. The molecule has 0 radical (unpaired) electrons. The van der Waals surface area contributed by atoms with Crippen LogP contribution in [0.1, 0.15) is 43.4 Å². The molecule has 1 aliphatic rings. The average Bonchev–Trinajstić information content (AvgIpc) is 2.72. The highest BCUT2D eigenvalue weighted by Gasteiger charge is 2.26. The van der Waals surface area contributed by atoms with Gasteiger partial charge in [-0.3, -0.25) is 4.79 Å². The second kappa shape index (κ2) is 9.43.